The molecule has 106 valence electrons. The van der Waals surface area contributed by atoms with Crippen molar-refractivity contribution >= 4 is 23.2 Å². The summed E-state index contributed by atoms with van der Waals surface area (Å²) in [6.45, 7) is 2.59. The van der Waals surface area contributed by atoms with Gasteiger partial charge in [0, 0.05) is 11.2 Å². The van der Waals surface area contributed by atoms with Crippen LogP contribution in [0.5, 0.6) is 0 Å². The van der Waals surface area contributed by atoms with E-state index in [-0.39, 0.29) is 0 Å². The van der Waals surface area contributed by atoms with E-state index in [0.717, 1.165) is 27.5 Å². The molecule has 0 amide bonds. The Kier molecular flexibility index (Phi) is 4.00. The predicted molar refractivity (Wildman–Crippen MR) is 88.0 cm³/mol. The van der Waals surface area contributed by atoms with E-state index in [0.29, 0.717) is 11.7 Å². The molecule has 1 aromatic heterocycles. The lowest BCUT2D eigenvalue weighted by atomic mass is 10.0. The van der Waals surface area contributed by atoms with E-state index < -0.39 is 0 Å². The van der Waals surface area contributed by atoms with Crippen molar-refractivity contribution in [1.29, 1.82) is 0 Å². The second-order valence-electron chi connectivity index (χ2n) is 4.91. The molecule has 3 rings (SSSR count). The second-order valence-corrected chi connectivity index (χ2v) is 5.71. The fraction of sp³-hybridized carbons (Fsp3) is 0.118. The van der Waals surface area contributed by atoms with E-state index in [1.54, 1.807) is 0 Å². The Bertz CT molecular complexity index is 764. The van der Waals surface area contributed by atoms with Crippen molar-refractivity contribution in [3.05, 3.63) is 76.3 Å². The number of aryl methyl sites for hydroxylation is 1. The highest BCUT2D eigenvalue weighted by atomic mass is 35.5. The molecule has 0 unspecified atom stereocenters. The quantitative estimate of drug-likeness (QED) is 0.648. The smallest absolute Gasteiger partial charge is 0.147 e. The van der Waals surface area contributed by atoms with E-state index in [1.807, 2.05) is 42.0 Å². The fourth-order valence-electron chi connectivity index (χ4n) is 2.30. The summed E-state index contributed by atoms with van der Waals surface area (Å²) in [5.74, 6) is 0.878. The van der Waals surface area contributed by atoms with Crippen molar-refractivity contribution < 1.29 is 0 Å². The van der Waals surface area contributed by atoms with Crippen molar-refractivity contribution in [3.63, 3.8) is 0 Å². The Morgan fingerprint density at radius 1 is 1.00 bits per heavy atom. The van der Waals surface area contributed by atoms with Crippen LogP contribution in [0.2, 0.25) is 10.2 Å². The van der Waals surface area contributed by atoms with Crippen LogP contribution in [0.15, 0.2) is 54.7 Å². The molecule has 0 spiro atoms. The summed E-state index contributed by atoms with van der Waals surface area (Å²) in [4.78, 5) is 4.19. The summed E-state index contributed by atoms with van der Waals surface area (Å²) in [6, 6.07) is 16.3. The van der Waals surface area contributed by atoms with Crippen LogP contribution in [-0.2, 0) is 6.54 Å². The third-order valence-electron chi connectivity index (χ3n) is 3.45. The van der Waals surface area contributed by atoms with Crippen LogP contribution in [0.1, 0.15) is 11.4 Å². The molecular weight excluding hydrogens is 303 g/mol. The first-order chi connectivity index (χ1) is 10.1. The van der Waals surface area contributed by atoms with Crippen LogP contribution in [0.25, 0.3) is 11.1 Å². The average molecular weight is 317 g/mol. The number of halogens is 2. The molecule has 0 radical (unpaired) electrons. The van der Waals surface area contributed by atoms with Gasteiger partial charge in [0.2, 0.25) is 0 Å². The molecule has 0 aliphatic carbocycles. The lowest BCUT2D eigenvalue weighted by Crippen LogP contribution is -2.01. The van der Waals surface area contributed by atoms with Gasteiger partial charge in [-0.2, -0.15) is 0 Å². The molecule has 2 aromatic carbocycles. The maximum Gasteiger partial charge on any atom is 0.147 e. The summed E-state index contributed by atoms with van der Waals surface area (Å²) >= 11 is 12.3. The summed E-state index contributed by atoms with van der Waals surface area (Å²) in [7, 11) is 0. The van der Waals surface area contributed by atoms with Crippen molar-refractivity contribution in [3.8, 4) is 11.1 Å². The number of hydrogen-bond donors (Lipinski definition) is 0. The summed E-state index contributed by atoms with van der Waals surface area (Å²) in [6.07, 6.45) is 1.82. The van der Waals surface area contributed by atoms with E-state index in [9.17, 15) is 0 Å². The molecule has 2 nitrogen and oxygen atoms in total. The van der Waals surface area contributed by atoms with Crippen LogP contribution in [0, 0.1) is 6.92 Å². The number of nitrogens with zero attached hydrogens (tertiary/aromatic N) is 2. The molecule has 1 heterocycles. The SMILES string of the molecule is Cc1nc(Cl)cn1Cc1ccc(-c2ccccc2)cc1Cl. The van der Waals surface area contributed by atoms with Crippen LogP contribution in [0.4, 0.5) is 0 Å². The Morgan fingerprint density at radius 3 is 2.38 bits per heavy atom. The standard InChI is InChI=1S/C17H14Cl2N2/c1-12-20-17(19)11-21(12)10-15-8-7-14(9-16(15)18)13-5-3-2-4-6-13/h2-9,11H,10H2,1H3. The lowest BCUT2D eigenvalue weighted by molar-refractivity contribution is 0.762. The molecule has 0 N–H and O–H groups in total. The van der Waals surface area contributed by atoms with Gasteiger partial charge in [-0.15, -0.1) is 0 Å². The first kappa shape index (κ1) is 14.2. The molecule has 0 aliphatic heterocycles. The number of aromatic nitrogens is 2. The molecule has 0 atom stereocenters. The van der Waals surface area contributed by atoms with Crippen molar-refractivity contribution in [1.82, 2.24) is 9.55 Å². The highest BCUT2D eigenvalue weighted by Crippen LogP contribution is 2.26. The molecule has 4 heteroatoms. The maximum absolute atomic E-state index is 6.42. The molecule has 0 aliphatic rings. The zero-order valence-electron chi connectivity index (χ0n) is 11.6. The van der Waals surface area contributed by atoms with Gasteiger partial charge in [0.1, 0.15) is 11.0 Å². The zero-order chi connectivity index (χ0) is 14.8. The van der Waals surface area contributed by atoms with Gasteiger partial charge < -0.3 is 4.57 Å². The van der Waals surface area contributed by atoms with E-state index in [1.165, 1.54) is 0 Å². The topological polar surface area (TPSA) is 17.8 Å². The molecule has 0 fully saturated rings. The molecule has 3 aromatic rings. The second kappa shape index (κ2) is 5.92. The number of hydrogen-bond acceptors (Lipinski definition) is 1. The summed E-state index contributed by atoms with van der Waals surface area (Å²) in [5, 5.41) is 1.25. The minimum Gasteiger partial charge on any atom is -0.329 e. The van der Waals surface area contributed by atoms with Gasteiger partial charge in [-0.25, -0.2) is 4.98 Å². The normalized spacial score (nSPS) is 10.8. The van der Waals surface area contributed by atoms with Crippen LogP contribution >= 0.6 is 23.2 Å². The minimum absolute atomic E-state index is 0.504. The molecule has 0 saturated heterocycles. The number of benzene rings is 2. The van der Waals surface area contributed by atoms with Crippen molar-refractivity contribution in [2.75, 3.05) is 0 Å². The Morgan fingerprint density at radius 2 is 1.76 bits per heavy atom. The molecule has 0 saturated carbocycles. The third kappa shape index (κ3) is 3.12. The largest absolute Gasteiger partial charge is 0.329 e. The van der Waals surface area contributed by atoms with Gasteiger partial charge in [-0.3, -0.25) is 0 Å². The first-order valence-corrected chi connectivity index (χ1v) is 7.42. The van der Waals surface area contributed by atoms with Gasteiger partial charge in [-0.05, 0) is 29.7 Å². The molecule has 21 heavy (non-hydrogen) atoms. The van der Waals surface area contributed by atoms with E-state index in [4.69, 9.17) is 23.2 Å². The van der Waals surface area contributed by atoms with Gasteiger partial charge in [-0.1, -0.05) is 65.7 Å². The monoisotopic (exact) mass is 316 g/mol. The minimum atomic E-state index is 0.504. The first-order valence-electron chi connectivity index (χ1n) is 6.66. The maximum atomic E-state index is 6.42. The Balaban J connectivity index is 1.90. The van der Waals surface area contributed by atoms with Crippen LogP contribution in [0.3, 0.4) is 0 Å². The van der Waals surface area contributed by atoms with Crippen LogP contribution in [-0.4, -0.2) is 9.55 Å². The average Bonchev–Trinajstić information content (AvgIpc) is 2.80. The molecule has 0 bridgehead atoms. The lowest BCUT2D eigenvalue weighted by Gasteiger charge is -2.09. The highest BCUT2D eigenvalue weighted by Gasteiger charge is 2.07. The van der Waals surface area contributed by atoms with Crippen molar-refractivity contribution in [2.45, 2.75) is 13.5 Å². The highest BCUT2D eigenvalue weighted by molar-refractivity contribution is 6.31. The molecular formula is C17H14Cl2N2. The third-order valence-corrected chi connectivity index (χ3v) is 3.98. The van der Waals surface area contributed by atoms with E-state index in [2.05, 4.69) is 29.2 Å². The zero-order valence-corrected chi connectivity index (χ0v) is 13.1. The number of imidazole rings is 1. The summed E-state index contributed by atoms with van der Waals surface area (Å²) in [5.41, 5.74) is 3.33. The van der Waals surface area contributed by atoms with Crippen molar-refractivity contribution in [2.24, 2.45) is 0 Å². The summed E-state index contributed by atoms with van der Waals surface area (Å²) < 4.78 is 1.99. The Hall–Kier alpha value is -1.77. The Labute approximate surface area is 134 Å². The van der Waals surface area contributed by atoms with E-state index >= 15 is 0 Å². The van der Waals surface area contributed by atoms with Gasteiger partial charge >= 0.3 is 0 Å². The van der Waals surface area contributed by atoms with Gasteiger partial charge in [0.25, 0.3) is 0 Å². The predicted octanol–water partition coefficient (Wildman–Crippen LogP) is 5.21. The number of rotatable bonds is 3. The van der Waals surface area contributed by atoms with Gasteiger partial charge in [0.15, 0.2) is 0 Å². The van der Waals surface area contributed by atoms with Crippen LogP contribution < -0.4 is 0 Å². The van der Waals surface area contributed by atoms with Gasteiger partial charge in [0.05, 0.1) is 6.54 Å². The fourth-order valence-corrected chi connectivity index (χ4v) is 2.78.